The van der Waals surface area contributed by atoms with Crippen molar-refractivity contribution in [1.29, 1.82) is 5.41 Å². The molecule has 3 aromatic rings. The van der Waals surface area contributed by atoms with Crippen LogP contribution in [0.25, 0.3) is 0 Å². The van der Waals surface area contributed by atoms with Crippen LogP contribution in [0.15, 0.2) is 72.8 Å². The molecule has 1 aliphatic heterocycles. The van der Waals surface area contributed by atoms with Crippen molar-refractivity contribution in [2.45, 2.75) is 39.2 Å². The third-order valence-electron chi connectivity index (χ3n) is 6.02. The molecule has 0 atom stereocenters. The van der Waals surface area contributed by atoms with Gasteiger partial charge in [-0.25, -0.2) is 0 Å². The summed E-state index contributed by atoms with van der Waals surface area (Å²) in [6.45, 7) is 3.26. The lowest BCUT2D eigenvalue weighted by Gasteiger charge is -2.14. The molecule has 0 spiro atoms. The normalized spacial score (nSPS) is 12.3. The molecule has 0 fully saturated rings. The number of carbonyl (C=O) groups is 2. The van der Waals surface area contributed by atoms with E-state index in [1.54, 1.807) is 24.3 Å². The van der Waals surface area contributed by atoms with E-state index in [-0.39, 0.29) is 30.8 Å². The highest BCUT2D eigenvalue weighted by atomic mass is 35.5. The Bertz CT molecular complexity index is 1120. The first kappa shape index (κ1) is 25.2. The number of amides is 2. The van der Waals surface area contributed by atoms with Gasteiger partial charge in [-0.2, -0.15) is 0 Å². The van der Waals surface area contributed by atoms with Crippen molar-refractivity contribution < 1.29 is 9.59 Å². The molecule has 0 radical (unpaired) electrons. The van der Waals surface area contributed by atoms with Crippen LogP contribution in [0.4, 0.5) is 0 Å². The van der Waals surface area contributed by atoms with E-state index in [4.69, 9.17) is 5.41 Å². The molecule has 0 unspecified atom stereocenters. The van der Waals surface area contributed by atoms with Gasteiger partial charge < -0.3 is 5.32 Å². The summed E-state index contributed by atoms with van der Waals surface area (Å²) in [6.07, 6.45) is 3.99. The highest BCUT2D eigenvalue weighted by Crippen LogP contribution is 2.24. The number of hydrogen-bond donors (Lipinski definition) is 2. The predicted molar refractivity (Wildman–Crippen MR) is 138 cm³/mol. The Morgan fingerprint density at radius 2 is 1.29 bits per heavy atom. The Morgan fingerprint density at radius 3 is 1.82 bits per heavy atom. The van der Waals surface area contributed by atoms with Gasteiger partial charge in [0.2, 0.25) is 0 Å². The third-order valence-corrected chi connectivity index (χ3v) is 6.02. The van der Waals surface area contributed by atoms with Crippen LogP contribution in [0.2, 0.25) is 0 Å². The van der Waals surface area contributed by atoms with Crippen molar-refractivity contribution in [3.05, 3.63) is 106 Å². The van der Waals surface area contributed by atoms with Gasteiger partial charge in [0, 0.05) is 12.1 Å². The largest absolute Gasteiger partial charge is 0.370 e. The number of rotatable bonds is 9. The molecule has 0 saturated heterocycles. The molecule has 1 aliphatic rings. The molecule has 5 nitrogen and oxygen atoms in total. The molecule has 2 N–H and O–H groups in total. The van der Waals surface area contributed by atoms with Crippen molar-refractivity contribution in [3.8, 4) is 0 Å². The lowest BCUT2D eigenvalue weighted by atomic mass is 10.0. The van der Waals surface area contributed by atoms with Gasteiger partial charge >= 0.3 is 0 Å². The molecular formula is C28H30ClN3O2. The van der Waals surface area contributed by atoms with Crippen LogP contribution in [-0.4, -0.2) is 29.1 Å². The smallest absolute Gasteiger partial charge is 0.261 e. The van der Waals surface area contributed by atoms with Crippen LogP contribution in [0.5, 0.6) is 0 Å². The van der Waals surface area contributed by atoms with Crippen molar-refractivity contribution in [3.63, 3.8) is 0 Å². The summed E-state index contributed by atoms with van der Waals surface area (Å²) in [7, 11) is 0. The number of nitrogens with zero attached hydrogens (tertiary/aromatic N) is 1. The minimum atomic E-state index is -0.225. The number of aryl methyl sites for hydroxylation is 2. The number of nitrogens with one attached hydrogen (secondary N) is 2. The maximum Gasteiger partial charge on any atom is 0.261 e. The fourth-order valence-corrected chi connectivity index (χ4v) is 4.00. The topological polar surface area (TPSA) is 73.3 Å². The summed E-state index contributed by atoms with van der Waals surface area (Å²) in [4.78, 5) is 26.4. The third kappa shape index (κ3) is 5.72. The molecule has 176 valence electrons. The maximum atomic E-state index is 12.6. The fourth-order valence-electron chi connectivity index (χ4n) is 4.00. The first-order valence-corrected chi connectivity index (χ1v) is 11.5. The van der Waals surface area contributed by atoms with E-state index in [2.05, 4.69) is 36.5 Å². The Balaban J connectivity index is 0.00000324. The van der Waals surface area contributed by atoms with Gasteiger partial charge in [0.25, 0.3) is 11.8 Å². The zero-order valence-corrected chi connectivity index (χ0v) is 20.2. The standard InChI is InChI=1S/C28H29N3O2.ClH/c1-2-3-18-30-26(29)23-16-14-21(15-17-23)9-8-20-10-12-22(13-11-20)19-31-27(32)24-6-4-5-7-25(24)28(31)33;/h4-7,10-17H,2-3,8-9,18-19H2,1H3,(H2,29,30);1H. The number of benzene rings is 3. The van der Waals surface area contributed by atoms with Gasteiger partial charge in [0.05, 0.1) is 17.7 Å². The number of unbranched alkanes of at least 4 members (excludes halogenated alkanes) is 1. The summed E-state index contributed by atoms with van der Waals surface area (Å²) in [5.41, 5.74) is 5.25. The van der Waals surface area contributed by atoms with Crippen molar-refractivity contribution >= 4 is 30.1 Å². The monoisotopic (exact) mass is 475 g/mol. The first-order valence-electron chi connectivity index (χ1n) is 11.5. The summed E-state index contributed by atoms with van der Waals surface area (Å²) in [5.74, 6) is 0.0252. The highest BCUT2D eigenvalue weighted by Gasteiger charge is 2.34. The maximum absolute atomic E-state index is 12.6. The van der Waals surface area contributed by atoms with E-state index in [1.165, 1.54) is 16.0 Å². The second kappa shape index (κ2) is 11.6. The lowest BCUT2D eigenvalue weighted by Crippen LogP contribution is -2.29. The number of hydrogen-bond acceptors (Lipinski definition) is 3. The van der Waals surface area contributed by atoms with Crippen molar-refractivity contribution in [1.82, 2.24) is 10.2 Å². The molecule has 0 aromatic heterocycles. The zero-order valence-electron chi connectivity index (χ0n) is 19.3. The number of carbonyl (C=O) groups excluding carboxylic acids is 2. The summed E-state index contributed by atoms with van der Waals surface area (Å²) < 4.78 is 0. The Morgan fingerprint density at radius 1 is 0.794 bits per heavy atom. The van der Waals surface area contributed by atoms with Crippen molar-refractivity contribution in [2.75, 3.05) is 6.54 Å². The molecule has 6 heteroatoms. The van der Waals surface area contributed by atoms with Crippen molar-refractivity contribution in [2.24, 2.45) is 0 Å². The molecule has 0 aliphatic carbocycles. The van der Waals surface area contributed by atoms with Crippen LogP contribution in [-0.2, 0) is 19.4 Å². The quantitative estimate of drug-likeness (QED) is 0.188. The molecule has 1 heterocycles. The molecule has 34 heavy (non-hydrogen) atoms. The average Bonchev–Trinajstić information content (AvgIpc) is 3.09. The minimum Gasteiger partial charge on any atom is -0.370 e. The summed E-state index contributed by atoms with van der Waals surface area (Å²) >= 11 is 0. The molecule has 3 aromatic carbocycles. The van der Waals surface area contributed by atoms with E-state index >= 15 is 0 Å². The summed E-state index contributed by atoms with van der Waals surface area (Å²) in [5, 5.41) is 11.3. The van der Waals surface area contributed by atoms with Gasteiger partial charge in [-0.1, -0.05) is 74.0 Å². The Hall–Kier alpha value is -3.44. The van der Waals surface area contributed by atoms with E-state index < -0.39 is 0 Å². The van der Waals surface area contributed by atoms with Gasteiger partial charge in [-0.05, 0) is 48.1 Å². The first-order chi connectivity index (χ1) is 16.1. The highest BCUT2D eigenvalue weighted by molar-refractivity contribution is 6.21. The number of halogens is 1. The molecular weight excluding hydrogens is 446 g/mol. The van der Waals surface area contributed by atoms with Crippen LogP contribution < -0.4 is 5.32 Å². The fraction of sp³-hybridized carbons (Fsp3) is 0.250. The summed E-state index contributed by atoms with van der Waals surface area (Å²) in [6, 6.07) is 23.3. The van der Waals surface area contributed by atoms with Gasteiger partial charge in [0.1, 0.15) is 5.84 Å². The average molecular weight is 476 g/mol. The van der Waals surface area contributed by atoms with Gasteiger partial charge in [-0.3, -0.25) is 19.9 Å². The van der Waals surface area contributed by atoms with Gasteiger partial charge in [-0.15, -0.1) is 12.4 Å². The van der Waals surface area contributed by atoms with E-state index in [0.717, 1.165) is 43.4 Å². The Kier molecular flexibility index (Phi) is 8.61. The lowest BCUT2D eigenvalue weighted by molar-refractivity contribution is 0.0642. The molecule has 2 amide bonds. The van der Waals surface area contributed by atoms with Gasteiger partial charge in [0.15, 0.2) is 0 Å². The van der Waals surface area contributed by atoms with Crippen LogP contribution >= 0.6 is 12.4 Å². The second-order valence-corrected chi connectivity index (χ2v) is 8.41. The van der Waals surface area contributed by atoms with E-state index in [1.807, 2.05) is 24.3 Å². The number of fused-ring (bicyclic) bond motifs is 1. The second-order valence-electron chi connectivity index (χ2n) is 8.41. The van der Waals surface area contributed by atoms with E-state index in [9.17, 15) is 9.59 Å². The zero-order chi connectivity index (χ0) is 23.2. The Labute approximate surface area is 207 Å². The number of amidine groups is 1. The van der Waals surface area contributed by atoms with Crippen LogP contribution in [0.3, 0.4) is 0 Å². The van der Waals surface area contributed by atoms with Crippen LogP contribution in [0, 0.1) is 5.41 Å². The predicted octanol–water partition coefficient (Wildman–Crippen LogP) is 5.40. The molecule has 0 saturated carbocycles. The minimum absolute atomic E-state index is 0. The number of imide groups is 1. The molecule has 4 rings (SSSR count). The SMILES string of the molecule is CCCCNC(=N)c1ccc(CCc2ccc(CN3C(=O)c4ccccc4C3=O)cc2)cc1.Cl. The molecule has 0 bridgehead atoms. The van der Waals surface area contributed by atoms with Crippen LogP contribution in [0.1, 0.15) is 62.7 Å². The van der Waals surface area contributed by atoms with E-state index in [0.29, 0.717) is 17.0 Å².